The molecule has 764 valence electrons. The molecule has 0 amide bonds. The number of aliphatic hydroxyl groups is 2. The predicted molar refractivity (Wildman–Crippen MR) is 541 cm³/mol. The van der Waals surface area contributed by atoms with E-state index in [9.17, 15) is 39.0 Å². The van der Waals surface area contributed by atoms with Crippen molar-refractivity contribution in [1.29, 1.82) is 0 Å². The van der Waals surface area contributed by atoms with E-state index in [0.29, 0.717) is 13.2 Å². The Hall–Kier alpha value is -3.34. The highest BCUT2D eigenvalue weighted by Crippen LogP contribution is 2.55. The van der Waals surface area contributed by atoms with Crippen molar-refractivity contribution >= 4 is 35.8 Å². The standard InChI is InChI=1S/C113H216O16/c114-103-111(104-115,112(97-85-73-61-49-37-25-13-1-7-19-31-43-55-67-79-91-105(116)117,98-86-74-62-50-38-26-14-2-8-20-32-44-56-68-80-92-106(118)119)128-101-89-77-65-53-41-29-17-5-11-23-35-47-59-71-83-95-109(124)125)113(99-87-75-63-51-39-27-15-3-9-21-33-45-57-69-81-93-107(120)121,100-88-76-64-52-40-28-16-4-10-22-34-46-58-70-82-94-108(122)123)129-102-90-78-66-54-42-30-18-6-12-24-36-48-60-72-84-96-110(126)127/h114-115H,1-104H2,(H,116,117)(H,118,119)(H,120,121)(H,122,123)(H,124,125)(H,126,127). The lowest BCUT2D eigenvalue weighted by Crippen LogP contribution is -2.68. The van der Waals surface area contributed by atoms with E-state index in [2.05, 4.69) is 0 Å². The summed E-state index contributed by atoms with van der Waals surface area (Å²) in [6.07, 6.45) is 110. The molecule has 0 spiro atoms. The summed E-state index contributed by atoms with van der Waals surface area (Å²) in [6.45, 7) is 0.930. The van der Waals surface area contributed by atoms with Crippen LogP contribution in [0.5, 0.6) is 0 Å². The molecule has 0 atom stereocenters. The van der Waals surface area contributed by atoms with E-state index in [4.69, 9.17) is 40.1 Å². The van der Waals surface area contributed by atoms with Crippen molar-refractivity contribution in [2.45, 2.75) is 653 Å². The molecule has 0 aromatic heterocycles. The average molecular weight is 1830 g/mol. The second-order valence-corrected chi connectivity index (χ2v) is 40.8. The first-order valence-corrected chi connectivity index (χ1v) is 56.9. The highest BCUT2D eigenvalue weighted by atomic mass is 16.5. The molecule has 0 unspecified atom stereocenters. The Morgan fingerprint density at radius 2 is 0.233 bits per heavy atom. The Bertz CT molecular complexity index is 2130. The van der Waals surface area contributed by atoms with Gasteiger partial charge >= 0.3 is 35.8 Å². The molecule has 0 saturated heterocycles. The number of carboxylic acids is 6. The van der Waals surface area contributed by atoms with Crippen LogP contribution < -0.4 is 0 Å². The van der Waals surface area contributed by atoms with E-state index < -0.39 is 52.4 Å². The minimum atomic E-state index is -1.04. The van der Waals surface area contributed by atoms with Crippen molar-refractivity contribution in [3.63, 3.8) is 0 Å². The lowest BCUT2D eigenvalue weighted by molar-refractivity contribution is -0.274. The first kappa shape index (κ1) is 126. The second-order valence-electron chi connectivity index (χ2n) is 40.8. The SMILES string of the molecule is O=C(O)CCCCCCCCCCCCCCCCCOC(CCCCCCCCCCCCCCCCCC(=O)O)(CCCCCCCCCCCCCCCCCC(=O)O)C(CO)(CO)C(CCCCCCCCCCCCCCCCCC(=O)O)(CCCCCCCCCCCCCCCCCC(=O)O)OCCCCCCCCCCCCCCCCCC(=O)O. The van der Waals surface area contributed by atoms with Gasteiger partial charge in [0.25, 0.3) is 0 Å². The number of ether oxygens (including phenoxy) is 2. The van der Waals surface area contributed by atoms with Crippen LogP contribution in [-0.2, 0) is 38.2 Å². The molecule has 0 fully saturated rings. The zero-order valence-corrected chi connectivity index (χ0v) is 84.9. The van der Waals surface area contributed by atoms with Crippen molar-refractivity contribution in [2.24, 2.45) is 5.41 Å². The maximum Gasteiger partial charge on any atom is 0.303 e. The smallest absolute Gasteiger partial charge is 0.303 e. The number of hydrogen-bond acceptors (Lipinski definition) is 10. The summed E-state index contributed by atoms with van der Waals surface area (Å²) in [5.74, 6) is -4.12. The summed E-state index contributed by atoms with van der Waals surface area (Å²) in [4.78, 5) is 65.8. The van der Waals surface area contributed by atoms with Gasteiger partial charge in [0.2, 0.25) is 0 Å². The second kappa shape index (κ2) is 99.1. The highest BCUT2D eigenvalue weighted by molar-refractivity contribution is 5.68. The van der Waals surface area contributed by atoms with Crippen molar-refractivity contribution in [1.82, 2.24) is 0 Å². The normalized spacial score (nSPS) is 12.0. The number of unbranched alkanes of at least 4 members (excludes halogenated alkanes) is 84. The zero-order valence-electron chi connectivity index (χ0n) is 84.9. The van der Waals surface area contributed by atoms with Gasteiger partial charge in [-0.2, -0.15) is 0 Å². The van der Waals surface area contributed by atoms with Crippen molar-refractivity contribution in [3.8, 4) is 0 Å². The summed E-state index contributed by atoms with van der Waals surface area (Å²) in [5, 5.41) is 80.5. The van der Waals surface area contributed by atoms with E-state index in [0.717, 1.165) is 218 Å². The Morgan fingerprint density at radius 3 is 0.333 bits per heavy atom. The van der Waals surface area contributed by atoms with Crippen LogP contribution in [0.25, 0.3) is 0 Å². The van der Waals surface area contributed by atoms with Crippen LogP contribution >= 0.6 is 0 Å². The number of hydrogen-bond donors (Lipinski definition) is 8. The molecule has 0 bridgehead atoms. The Balaban J connectivity index is 7.35. The van der Waals surface area contributed by atoms with Gasteiger partial charge in [0.05, 0.1) is 29.8 Å². The Kier molecular flexibility index (Phi) is 96.6. The van der Waals surface area contributed by atoms with Crippen LogP contribution in [0.1, 0.15) is 642 Å². The maximum absolute atomic E-state index is 13.1. The fraction of sp³-hybridized carbons (Fsp3) is 0.947. The number of carboxylic acid groups (broad SMARTS) is 6. The van der Waals surface area contributed by atoms with Gasteiger partial charge in [-0.15, -0.1) is 0 Å². The Morgan fingerprint density at radius 1 is 0.140 bits per heavy atom. The first-order chi connectivity index (χ1) is 63.1. The number of carbonyl (C=O) groups is 6. The lowest BCUT2D eigenvalue weighted by atomic mass is 9.56. The number of rotatable bonds is 114. The molecule has 0 aliphatic carbocycles. The summed E-state index contributed by atoms with van der Waals surface area (Å²) in [7, 11) is 0. The number of aliphatic hydroxyl groups excluding tert-OH is 2. The van der Waals surface area contributed by atoms with Crippen LogP contribution in [-0.4, -0.2) is 114 Å². The summed E-state index contributed by atoms with van der Waals surface area (Å²) in [6, 6.07) is 0. The van der Waals surface area contributed by atoms with Gasteiger partial charge in [0.15, 0.2) is 0 Å². The van der Waals surface area contributed by atoms with E-state index in [-0.39, 0.29) is 51.7 Å². The minimum Gasteiger partial charge on any atom is -0.481 e. The molecule has 0 aliphatic heterocycles. The summed E-state index contributed by atoms with van der Waals surface area (Å²) in [5.41, 5.74) is -2.62. The molecule has 129 heavy (non-hydrogen) atoms. The molecule has 0 aliphatic rings. The summed E-state index contributed by atoms with van der Waals surface area (Å²) < 4.78 is 16.0. The van der Waals surface area contributed by atoms with Crippen LogP contribution in [0.4, 0.5) is 0 Å². The molecule has 0 heterocycles. The predicted octanol–water partition coefficient (Wildman–Crippen LogP) is 35.0. The topological polar surface area (TPSA) is 283 Å². The minimum absolute atomic E-state index is 0.161. The van der Waals surface area contributed by atoms with Crippen LogP contribution in [0.3, 0.4) is 0 Å². The van der Waals surface area contributed by atoms with Gasteiger partial charge in [-0.3, -0.25) is 28.8 Å². The van der Waals surface area contributed by atoms with Gasteiger partial charge in [-0.05, 0) is 77.0 Å². The van der Waals surface area contributed by atoms with Crippen molar-refractivity contribution in [2.75, 3.05) is 26.4 Å². The third-order valence-electron chi connectivity index (χ3n) is 29.0. The first-order valence-electron chi connectivity index (χ1n) is 56.9. The third-order valence-corrected chi connectivity index (χ3v) is 29.0. The number of aliphatic carboxylic acids is 6. The quantitative estimate of drug-likeness (QED) is 0.0263. The van der Waals surface area contributed by atoms with Gasteiger partial charge in [0.1, 0.15) is 0 Å². The highest BCUT2D eigenvalue weighted by Gasteiger charge is 2.63. The van der Waals surface area contributed by atoms with E-state index in [1.807, 2.05) is 0 Å². The molecule has 0 saturated carbocycles. The molecule has 16 heteroatoms. The fourth-order valence-corrected chi connectivity index (χ4v) is 20.6. The molecular weight excluding hydrogens is 1610 g/mol. The van der Waals surface area contributed by atoms with E-state index in [1.165, 1.54) is 385 Å². The van der Waals surface area contributed by atoms with Gasteiger partial charge in [-0.25, -0.2) is 0 Å². The van der Waals surface area contributed by atoms with Crippen molar-refractivity contribution in [3.05, 3.63) is 0 Å². The van der Waals surface area contributed by atoms with Crippen molar-refractivity contribution < 1.29 is 79.1 Å². The molecule has 16 nitrogen and oxygen atoms in total. The molecule has 0 rings (SSSR count). The fourth-order valence-electron chi connectivity index (χ4n) is 20.6. The third kappa shape index (κ3) is 84.9. The van der Waals surface area contributed by atoms with E-state index in [1.54, 1.807) is 0 Å². The maximum atomic E-state index is 13.1. The Labute approximate surface area is 795 Å². The van der Waals surface area contributed by atoms with E-state index >= 15 is 0 Å². The van der Waals surface area contributed by atoms with Gasteiger partial charge < -0.3 is 50.3 Å². The zero-order chi connectivity index (χ0) is 93.9. The lowest BCUT2D eigenvalue weighted by Gasteiger charge is -2.59. The van der Waals surface area contributed by atoms with Crippen LogP contribution in [0.15, 0.2) is 0 Å². The molecule has 8 N–H and O–H groups in total. The molecule has 0 aromatic rings. The van der Waals surface area contributed by atoms with Crippen LogP contribution in [0.2, 0.25) is 0 Å². The summed E-state index contributed by atoms with van der Waals surface area (Å²) >= 11 is 0. The molecule has 0 aromatic carbocycles. The molecule has 0 radical (unpaired) electrons. The largest absolute Gasteiger partial charge is 0.481 e. The van der Waals surface area contributed by atoms with Gasteiger partial charge in [-0.1, -0.05) is 527 Å². The molecular formula is C113H216O16. The average Bonchev–Trinajstić information content (AvgIpc) is 0.723. The van der Waals surface area contributed by atoms with Gasteiger partial charge in [0, 0.05) is 51.7 Å². The van der Waals surface area contributed by atoms with Crippen LogP contribution in [0, 0.1) is 5.41 Å². The monoisotopic (exact) mass is 1830 g/mol.